The van der Waals surface area contributed by atoms with Crippen LogP contribution in [0, 0.1) is 5.92 Å². The fourth-order valence-corrected chi connectivity index (χ4v) is 5.79. The Bertz CT molecular complexity index is 1880. The molecule has 1 unspecified atom stereocenters. The van der Waals surface area contributed by atoms with Gasteiger partial charge in [-0.05, 0) is 72.6 Å². The first-order valence-electron chi connectivity index (χ1n) is 15.4. The Morgan fingerprint density at radius 3 is 2.27 bits per heavy atom. The zero-order chi connectivity index (χ0) is 31.2. The summed E-state index contributed by atoms with van der Waals surface area (Å²) in [6.07, 6.45) is 5.30. The summed E-state index contributed by atoms with van der Waals surface area (Å²) in [6, 6.07) is 29.5. The average molecular weight is 604 g/mol. The Labute approximate surface area is 262 Å². The molecular weight excluding hydrogens is 566 g/mol. The monoisotopic (exact) mass is 603 g/mol. The highest BCUT2D eigenvalue weighted by Crippen LogP contribution is 2.34. The lowest BCUT2D eigenvalue weighted by Crippen LogP contribution is -2.21. The van der Waals surface area contributed by atoms with E-state index in [1.807, 2.05) is 79.7 Å². The molecule has 0 saturated carbocycles. The maximum Gasteiger partial charge on any atom is 0.333 e. The van der Waals surface area contributed by atoms with Crippen molar-refractivity contribution in [2.45, 2.75) is 45.8 Å². The van der Waals surface area contributed by atoms with Crippen molar-refractivity contribution in [2.75, 3.05) is 6.61 Å². The van der Waals surface area contributed by atoms with Gasteiger partial charge < -0.3 is 14.2 Å². The van der Waals surface area contributed by atoms with Crippen LogP contribution >= 0.6 is 0 Å². The van der Waals surface area contributed by atoms with Crippen molar-refractivity contribution in [3.63, 3.8) is 0 Å². The molecule has 45 heavy (non-hydrogen) atoms. The lowest BCUT2D eigenvalue weighted by molar-refractivity contribution is -0.144. The number of rotatable bonds is 11. The summed E-state index contributed by atoms with van der Waals surface area (Å²) in [5.41, 5.74) is 6.23. The third-order valence-electron chi connectivity index (χ3n) is 8.21. The Kier molecular flexibility index (Phi) is 9.10. The summed E-state index contributed by atoms with van der Waals surface area (Å²) in [5, 5.41) is 0. The van der Waals surface area contributed by atoms with Crippen LogP contribution in [0.2, 0.25) is 0 Å². The summed E-state index contributed by atoms with van der Waals surface area (Å²) in [7, 11) is 1.78. The largest absolute Gasteiger partial charge is 0.473 e. The molecule has 2 heterocycles. The molecule has 0 saturated heterocycles. The van der Waals surface area contributed by atoms with Gasteiger partial charge in [-0.15, -0.1) is 0 Å². The van der Waals surface area contributed by atoms with Crippen LogP contribution < -0.4 is 15.2 Å². The molecular formula is C37H37N3O5. The molecule has 5 aromatic rings. The number of esters is 1. The van der Waals surface area contributed by atoms with Crippen molar-refractivity contribution in [1.82, 2.24) is 14.1 Å². The van der Waals surface area contributed by atoms with Gasteiger partial charge >= 0.3 is 11.7 Å². The van der Waals surface area contributed by atoms with E-state index in [9.17, 15) is 9.59 Å². The zero-order valence-corrected chi connectivity index (χ0v) is 25.6. The maximum atomic E-state index is 13.8. The highest BCUT2D eigenvalue weighted by molar-refractivity contribution is 5.83. The normalized spacial score (nSPS) is 14.6. The van der Waals surface area contributed by atoms with E-state index in [4.69, 9.17) is 19.2 Å². The Balaban J connectivity index is 1.31. The molecule has 3 aromatic carbocycles. The summed E-state index contributed by atoms with van der Waals surface area (Å²) < 4.78 is 20.7. The highest BCUT2D eigenvalue weighted by Gasteiger charge is 2.22. The number of fused-ring (bicyclic) bond motifs is 1. The molecule has 0 spiro atoms. The summed E-state index contributed by atoms with van der Waals surface area (Å²) in [4.78, 5) is 30.4. The predicted octanol–water partition coefficient (Wildman–Crippen LogP) is 7.02. The average Bonchev–Trinajstić information content (AvgIpc) is 3.32. The van der Waals surface area contributed by atoms with E-state index in [0.29, 0.717) is 43.0 Å². The maximum absolute atomic E-state index is 13.8. The van der Waals surface area contributed by atoms with Crippen LogP contribution in [0.4, 0.5) is 0 Å². The number of benzene rings is 3. The molecule has 1 aliphatic carbocycles. The molecule has 1 aliphatic rings. The van der Waals surface area contributed by atoms with Gasteiger partial charge in [-0.2, -0.15) is 4.98 Å². The van der Waals surface area contributed by atoms with E-state index >= 15 is 0 Å². The number of carbonyl (C=O) groups excluding carboxylic acids is 1. The Morgan fingerprint density at radius 2 is 1.60 bits per heavy atom. The number of nitrogens with zero attached hydrogens (tertiary/aromatic N) is 3. The minimum absolute atomic E-state index is 0.130. The quantitative estimate of drug-likeness (QED) is 0.151. The molecule has 230 valence electrons. The first-order chi connectivity index (χ1) is 22.0. The number of aromatic nitrogens is 3. The van der Waals surface area contributed by atoms with Crippen molar-refractivity contribution < 1.29 is 19.0 Å². The molecule has 2 aromatic heterocycles. The Morgan fingerprint density at radius 1 is 0.889 bits per heavy atom. The second-order valence-corrected chi connectivity index (χ2v) is 11.3. The van der Waals surface area contributed by atoms with Crippen LogP contribution in [-0.2, 0) is 29.8 Å². The topological polar surface area (TPSA) is 84.6 Å². The van der Waals surface area contributed by atoms with Gasteiger partial charge in [-0.25, -0.2) is 4.79 Å². The van der Waals surface area contributed by atoms with Gasteiger partial charge in [0.05, 0.1) is 17.6 Å². The Hall–Kier alpha value is -5.11. The van der Waals surface area contributed by atoms with Crippen LogP contribution in [0.1, 0.15) is 49.3 Å². The summed E-state index contributed by atoms with van der Waals surface area (Å²) in [6.45, 7) is 2.90. The SMILES string of the molecule is CCOC(=O)CC1CC=C(c2ccc3c(c2)n(C)c(=O)n3-c2ccc(OCc3ccccc3)nc2OCc2ccccc2)CC1. The molecule has 8 nitrogen and oxygen atoms in total. The van der Waals surface area contributed by atoms with E-state index in [1.165, 1.54) is 5.57 Å². The predicted molar refractivity (Wildman–Crippen MR) is 174 cm³/mol. The van der Waals surface area contributed by atoms with Gasteiger partial charge in [0.15, 0.2) is 0 Å². The van der Waals surface area contributed by atoms with E-state index in [1.54, 1.807) is 22.2 Å². The minimum atomic E-state index is -0.196. The second-order valence-electron chi connectivity index (χ2n) is 11.3. The van der Waals surface area contributed by atoms with Gasteiger partial charge in [-0.3, -0.25) is 13.9 Å². The van der Waals surface area contributed by atoms with E-state index in [2.05, 4.69) is 18.2 Å². The molecule has 0 N–H and O–H groups in total. The van der Waals surface area contributed by atoms with Crippen molar-refractivity contribution in [3.05, 3.63) is 124 Å². The second kappa shape index (κ2) is 13.7. The number of aryl methyl sites for hydroxylation is 1. The first-order valence-corrected chi connectivity index (χ1v) is 15.4. The molecule has 8 heteroatoms. The van der Waals surface area contributed by atoms with Crippen molar-refractivity contribution in [2.24, 2.45) is 13.0 Å². The number of ether oxygens (including phenoxy) is 3. The minimum Gasteiger partial charge on any atom is -0.473 e. The third-order valence-corrected chi connectivity index (χ3v) is 8.21. The molecule has 0 amide bonds. The molecule has 0 fully saturated rings. The first kappa shape index (κ1) is 29.9. The van der Waals surface area contributed by atoms with Gasteiger partial charge in [0.1, 0.15) is 18.9 Å². The highest BCUT2D eigenvalue weighted by atomic mass is 16.5. The fourth-order valence-electron chi connectivity index (χ4n) is 5.79. The number of hydrogen-bond donors (Lipinski definition) is 0. The number of allylic oxidation sites excluding steroid dienone is 2. The van der Waals surface area contributed by atoms with Gasteiger partial charge in [0.2, 0.25) is 11.8 Å². The lowest BCUT2D eigenvalue weighted by atomic mass is 9.85. The molecule has 6 rings (SSSR count). The number of hydrogen-bond acceptors (Lipinski definition) is 6. The molecule has 0 aliphatic heterocycles. The van der Waals surface area contributed by atoms with E-state index < -0.39 is 0 Å². The lowest BCUT2D eigenvalue weighted by Gasteiger charge is -2.21. The van der Waals surface area contributed by atoms with E-state index in [-0.39, 0.29) is 18.3 Å². The van der Waals surface area contributed by atoms with Crippen molar-refractivity contribution in [3.8, 4) is 17.4 Å². The number of carbonyl (C=O) groups is 1. The molecule has 0 radical (unpaired) electrons. The smallest absolute Gasteiger partial charge is 0.333 e. The summed E-state index contributed by atoms with van der Waals surface area (Å²) >= 11 is 0. The fraction of sp³-hybridized carbons (Fsp3) is 0.270. The van der Waals surface area contributed by atoms with Gasteiger partial charge in [-0.1, -0.05) is 72.8 Å². The summed E-state index contributed by atoms with van der Waals surface area (Å²) in [5.74, 6) is 0.885. The van der Waals surface area contributed by atoms with Gasteiger partial charge in [0.25, 0.3) is 0 Å². The van der Waals surface area contributed by atoms with Crippen molar-refractivity contribution >= 4 is 22.6 Å². The third kappa shape index (κ3) is 6.85. The number of pyridine rings is 1. The van der Waals surface area contributed by atoms with E-state index in [0.717, 1.165) is 47.0 Å². The van der Waals surface area contributed by atoms with Crippen LogP contribution in [0.5, 0.6) is 11.8 Å². The molecule has 1 atom stereocenters. The molecule has 0 bridgehead atoms. The van der Waals surface area contributed by atoms with Crippen molar-refractivity contribution in [1.29, 1.82) is 0 Å². The zero-order valence-electron chi connectivity index (χ0n) is 25.6. The van der Waals surface area contributed by atoms with Crippen LogP contribution in [0.15, 0.2) is 102 Å². The van der Waals surface area contributed by atoms with Gasteiger partial charge in [0, 0.05) is 19.5 Å². The standard InChI is InChI=1S/C37H37N3O5/c1-3-43-35(41)22-26-14-16-29(17-15-26)30-18-19-31-33(23-30)39(2)37(42)40(31)32-20-21-34(44-24-27-10-6-4-7-11-27)38-36(32)45-25-28-12-8-5-9-13-28/h4-13,16,18-21,23,26H,3,14-15,17,22,24-25H2,1-2H3. The van der Waals surface area contributed by atoms with Crippen LogP contribution in [0.3, 0.4) is 0 Å². The van der Waals surface area contributed by atoms with Crippen LogP contribution in [-0.4, -0.2) is 26.7 Å². The number of imidazole rings is 1. The van der Waals surface area contributed by atoms with Crippen LogP contribution in [0.25, 0.3) is 22.3 Å².